The maximum atomic E-state index is 11.6. The van der Waals surface area contributed by atoms with Crippen LogP contribution in [0.15, 0.2) is 168 Å². The molecule has 8 aromatic rings. The van der Waals surface area contributed by atoms with Gasteiger partial charge in [-0.25, -0.2) is 8.42 Å². The van der Waals surface area contributed by atoms with Crippen LogP contribution in [0.2, 0.25) is 0 Å². The molecule has 6 aromatic carbocycles. The van der Waals surface area contributed by atoms with E-state index in [2.05, 4.69) is 108 Å². The molecular weight excluding hydrogens is 915 g/mol. The molecule has 18 nitrogen and oxygen atoms in total. The van der Waals surface area contributed by atoms with Gasteiger partial charge in [0.05, 0.1) is 16.9 Å². The molecule has 0 bridgehead atoms. The Hall–Kier alpha value is -5.72. The number of hydrogen-bond acceptors (Lipinski definition) is 19. The zero-order valence-corrected chi connectivity index (χ0v) is 41.7. The van der Waals surface area contributed by atoms with Gasteiger partial charge in [-0.15, -0.1) is 0 Å². The first-order valence-corrected chi connectivity index (χ1v) is 22.0. The van der Waals surface area contributed by atoms with E-state index in [9.17, 15) is 18.2 Å². The standard InChI is InChI=1S/C45H40N12O6S2.2Na/c58-62-63-64-38-15-7-13-36(26-38)50-44-54-40(52-42(56-44)48-34-9-3-1-4-10-34)46-28-32-21-17-30(18-22-32)25-31-19-23-33(24-20-31)29-47-41-53-43(49-35-11-5-2-6-12-35)57-45(55-41)51-37-14-8-16-39(27-37)65(59,60)61;;/h1-24,26-27,58H,25,28-29H2,(H,59,60,61)(H3,46,48,50,52,54,56)(H3,47,49,51,53,55,57);;/q;2*+1/p-2. The summed E-state index contributed by atoms with van der Waals surface area (Å²) in [7, 11) is -4.66. The van der Waals surface area contributed by atoms with E-state index in [1.807, 2.05) is 78.9 Å². The van der Waals surface area contributed by atoms with Gasteiger partial charge in [-0.3, -0.25) is 5.04 Å². The molecule has 2 heterocycles. The van der Waals surface area contributed by atoms with Crippen LogP contribution in [-0.2, 0) is 39.0 Å². The van der Waals surface area contributed by atoms with Crippen molar-refractivity contribution in [3.63, 3.8) is 0 Å². The second-order valence-electron chi connectivity index (χ2n) is 14.1. The summed E-state index contributed by atoms with van der Waals surface area (Å²) < 4.78 is 39.3. The summed E-state index contributed by atoms with van der Waals surface area (Å²) in [6.45, 7) is 0.861. The Morgan fingerprint density at radius 2 is 0.851 bits per heavy atom. The van der Waals surface area contributed by atoms with Gasteiger partial charge in [0.1, 0.15) is 10.1 Å². The Balaban J connectivity index is 0.00000370. The van der Waals surface area contributed by atoms with E-state index in [0.29, 0.717) is 47.2 Å². The monoisotopic (exact) mass is 952 g/mol. The molecule has 2 aromatic heterocycles. The molecule has 0 amide bonds. The van der Waals surface area contributed by atoms with Crippen LogP contribution in [-0.4, -0.2) is 42.9 Å². The molecule has 0 fully saturated rings. The van der Waals surface area contributed by atoms with Crippen molar-refractivity contribution < 1.29 is 86.7 Å². The minimum absolute atomic E-state index is 0. The first-order chi connectivity index (χ1) is 31.7. The first kappa shape index (κ1) is 50.7. The number of aromatic nitrogens is 6. The zero-order valence-electron chi connectivity index (χ0n) is 36.1. The van der Waals surface area contributed by atoms with E-state index in [4.69, 9.17) is 0 Å². The predicted octanol–water partition coefficient (Wildman–Crippen LogP) is 1.99. The summed E-state index contributed by atoms with van der Waals surface area (Å²) in [5.74, 6) is 1.64. The maximum Gasteiger partial charge on any atom is 1.00 e. The van der Waals surface area contributed by atoms with Crippen LogP contribution in [0.5, 0.6) is 0 Å². The van der Waals surface area contributed by atoms with E-state index in [0.717, 1.165) is 52.1 Å². The topological polar surface area (TPSA) is 248 Å². The third kappa shape index (κ3) is 15.7. The molecule has 0 atom stereocenters. The van der Waals surface area contributed by atoms with Gasteiger partial charge < -0.3 is 41.7 Å². The van der Waals surface area contributed by atoms with Crippen molar-refractivity contribution in [2.45, 2.75) is 29.3 Å². The normalized spacial score (nSPS) is 10.8. The Labute approximate surface area is 434 Å². The summed E-state index contributed by atoms with van der Waals surface area (Å²) in [6, 6.07) is 48.1. The minimum atomic E-state index is -4.66. The molecule has 6 N–H and O–H groups in total. The van der Waals surface area contributed by atoms with Crippen molar-refractivity contribution in [3.05, 3.63) is 180 Å². The van der Waals surface area contributed by atoms with Gasteiger partial charge in [-0.2, -0.15) is 34.2 Å². The van der Waals surface area contributed by atoms with Gasteiger partial charge in [0.2, 0.25) is 35.7 Å². The summed E-state index contributed by atoms with van der Waals surface area (Å²) in [5, 5.41) is 32.9. The van der Waals surface area contributed by atoms with Crippen molar-refractivity contribution >= 4 is 80.6 Å². The van der Waals surface area contributed by atoms with Gasteiger partial charge in [-0.05, 0) is 89.3 Å². The number of para-hydroxylation sites is 2. The van der Waals surface area contributed by atoms with Crippen molar-refractivity contribution in [1.82, 2.24) is 29.9 Å². The van der Waals surface area contributed by atoms with Crippen LogP contribution in [0.4, 0.5) is 58.4 Å². The molecular formula is C45H38N12Na2O6S2. The van der Waals surface area contributed by atoms with E-state index in [1.54, 1.807) is 24.3 Å². The first-order valence-electron chi connectivity index (χ1n) is 19.8. The molecule has 0 saturated carbocycles. The summed E-state index contributed by atoms with van der Waals surface area (Å²) in [4.78, 5) is 27.5. The van der Waals surface area contributed by atoms with Gasteiger partial charge in [-0.1, -0.05) is 97.1 Å². The van der Waals surface area contributed by atoms with Crippen LogP contribution in [0.1, 0.15) is 22.3 Å². The average Bonchev–Trinajstić information content (AvgIpc) is 3.31. The third-order valence-corrected chi connectivity index (χ3v) is 10.7. The number of anilines is 10. The largest absolute Gasteiger partial charge is 1.00 e. The number of hydrogen-bond donors (Lipinski definition) is 6. The van der Waals surface area contributed by atoms with Gasteiger partial charge in [0, 0.05) is 40.7 Å². The maximum absolute atomic E-state index is 11.6. The van der Waals surface area contributed by atoms with Gasteiger partial charge >= 0.3 is 59.1 Å². The van der Waals surface area contributed by atoms with Crippen LogP contribution in [0.3, 0.4) is 0 Å². The molecule has 0 radical (unpaired) electrons. The SMILES string of the molecule is O=S(=O)([O-])c1cccc(Nc2nc(NCc3ccc(Cc4ccc(CNc5nc(Nc6ccccc6)nc(Nc6cccc(SOO[O-])c6)n5)cc4)cc3)nc(Nc3ccccc3)n2)c1.[Na+].[Na+]. The molecule has 8 rings (SSSR count). The number of benzene rings is 6. The smallest absolute Gasteiger partial charge is 0.744 e. The van der Waals surface area contributed by atoms with Crippen molar-refractivity contribution in [1.29, 1.82) is 0 Å². The van der Waals surface area contributed by atoms with Crippen molar-refractivity contribution in [3.8, 4) is 0 Å². The Bertz CT molecular complexity index is 2950. The fourth-order valence-electron chi connectivity index (χ4n) is 6.25. The molecule has 328 valence electrons. The summed E-state index contributed by atoms with van der Waals surface area (Å²) in [6.07, 6.45) is 0.722. The van der Waals surface area contributed by atoms with E-state index >= 15 is 0 Å². The van der Waals surface area contributed by atoms with Crippen LogP contribution in [0, 0.1) is 0 Å². The van der Waals surface area contributed by atoms with Crippen LogP contribution in [0.25, 0.3) is 0 Å². The van der Waals surface area contributed by atoms with Crippen molar-refractivity contribution in [2.75, 3.05) is 31.9 Å². The Morgan fingerprint density at radius 1 is 0.463 bits per heavy atom. The fraction of sp³-hybridized carbons (Fsp3) is 0.0667. The number of nitrogens with one attached hydrogen (secondary N) is 6. The molecule has 67 heavy (non-hydrogen) atoms. The second-order valence-corrected chi connectivity index (χ2v) is 16.2. The number of rotatable bonds is 20. The molecule has 0 spiro atoms. The molecule has 22 heteroatoms. The quantitative estimate of drug-likeness (QED) is 0.0210. The Kier molecular flexibility index (Phi) is 18.8. The summed E-state index contributed by atoms with van der Waals surface area (Å²) in [5.41, 5.74) is 6.82. The van der Waals surface area contributed by atoms with Crippen LogP contribution < -0.4 is 96.3 Å². The zero-order chi connectivity index (χ0) is 44.9. The third-order valence-electron chi connectivity index (χ3n) is 9.31. The molecule has 0 aliphatic carbocycles. The molecule has 0 saturated heterocycles. The minimum Gasteiger partial charge on any atom is -0.744 e. The van der Waals surface area contributed by atoms with Crippen molar-refractivity contribution in [2.24, 2.45) is 0 Å². The number of nitrogens with zero attached hydrogens (tertiary/aromatic N) is 6. The van der Waals surface area contributed by atoms with Gasteiger partial charge in [0.15, 0.2) is 0 Å². The van der Waals surface area contributed by atoms with E-state index < -0.39 is 10.1 Å². The van der Waals surface area contributed by atoms with E-state index in [-0.39, 0.29) is 81.9 Å². The van der Waals surface area contributed by atoms with Crippen LogP contribution >= 0.6 is 12.0 Å². The van der Waals surface area contributed by atoms with Gasteiger partial charge in [0.25, 0.3) is 0 Å². The van der Waals surface area contributed by atoms with E-state index in [1.165, 1.54) is 18.2 Å². The Morgan fingerprint density at radius 3 is 1.30 bits per heavy atom. The predicted molar refractivity (Wildman–Crippen MR) is 245 cm³/mol. The summed E-state index contributed by atoms with van der Waals surface area (Å²) >= 11 is 0.783. The molecule has 0 aliphatic heterocycles. The molecule has 0 aliphatic rings. The molecule has 0 unspecified atom stereocenters. The average molecular weight is 953 g/mol. The fourth-order valence-corrected chi connectivity index (χ4v) is 7.18. The second kappa shape index (κ2) is 24.9.